The van der Waals surface area contributed by atoms with Crippen LogP contribution in [0.2, 0.25) is 0 Å². The number of nitrogens with zero attached hydrogens (tertiary/aromatic N) is 1. The number of hydrogen-bond acceptors (Lipinski definition) is 4. The predicted molar refractivity (Wildman–Crippen MR) is 67.3 cm³/mol. The first-order valence-corrected chi connectivity index (χ1v) is 6.91. The Morgan fingerprint density at radius 1 is 0.938 bits per heavy atom. The molecule has 1 fully saturated rings. The van der Waals surface area contributed by atoms with Gasteiger partial charge < -0.3 is 10.2 Å². The minimum absolute atomic E-state index is 0.263. The molecule has 0 aliphatic carbocycles. The number of fused-ring (bicyclic) bond motifs is 1. The fourth-order valence-corrected chi connectivity index (χ4v) is 4.59. The number of phenols is 2. The fourth-order valence-electron chi connectivity index (χ4n) is 1.96. The molecule has 84 valence electrons. The molecule has 2 aromatic rings. The molecule has 0 bridgehead atoms. The van der Waals surface area contributed by atoms with Gasteiger partial charge in [-0.05, 0) is 12.1 Å². The molecule has 3 rings (SSSR count). The molecule has 2 heterocycles. The molecule has 5 heteroatoms. The molecule has 0 radical (unpaired) electrons. The van der Waals surface area contributed by atoms with Crippen LogP contribution in [0.5, 0.6) is 11.5 Å². The average molecular weight is 254 g/mol. The number of aromatic hydroxyl groups is 2. The van der Waals surface area contributed by atoms with Gasteiger partial charge in [0.2, 0.25) is 0 Å². The van der Waals surface area contributed by atoms with E-state index in [9.17, 15) is 10.2 Å². The maximum absolute atomic E-state index is 9.74. The molecule has 0 unspecified atom stereocenters. The first-order valence-electron chi connectivity index (χ1n) is 5.28. The Labute approximate surface area is 101 Å². The maximum atomic E-state index is 9.74. The van der Waals surface area contributed by atoms with E-state index in [1.807, 2.05) is 0 Å². The van der Waals surface area contributed by atoms with Crippen molar-refractivity contribution in [2.24, 2.45) is 0 Å². The van der Waals surface area contributed by atoms with Crippen molar-refractivity contribution < 1.29 is 10.2 Å². The summed E-state index contributed by atoms with van der Waals surface area (Å²) in [6.45, 7) is 2.18. The van der Waals surface area contributed by atoms with Gasteiger partial charge in [0, 0.05) is 12.8 Å². The van der Waals surface area contributed by atoms with Crippen molar-refractivity contribution in [2.75, 3.05) is 13.1 Å². The summed E-state index contributed by atoms with van der Waals surface area (Å²) in [5.41, 5.74) is 0. The molecule has 0 amide bonds. The van der Waals surface area contributed by atoms with Crippen LogP contribution in [-0.2, 0) is 0 Å². The quantitative estimate of drug-likeness (QED) is 0.557. The highest BCUT2D eigenvalue weighted by molar-refractivity contribution is 7.36. The Hall–Kier alpha value is -1.07. The van der Waals surface area contributed by atoms with E-state index in [4.69, 9.17) is 0 Å². The normalized spacial score (nSPS) is 16.1. The van der Waals surface area contributed by atoms with Crippen molar-refractivity contribution in [3.05, 3.63) is 16.1 Å². The van der Waals surface area contributed by atoms with Gasteiger partial charge in [-0.3, -0.25) is 0 Å². The number of phenolic OH excluding ortho intramolecular Hbond substituents is 2. The van der Waals surface area contributed by atoms with Crippen LogP contribution in [0, 0.1) is 0 Å². The fraction of sp³-hybridized carbons (Fsp3) is 0.364. The molecule has 3 nitrogen and oxygen atoms in total. The lowest BCUT2D eigenvalue weighted by Gasteiger charge is -1.94. The molecular formula is C11H12NO2S2+. The zero-order valence-electron chi connectivity index (χ0n) is 8.64. The first-order chi connectivity index (χ1) is 7.75. The molecule has 0 atom stereocenters. The summed E-state index contributed by atoms with van der Waals surface area (Å²) in [4.78, 5) is 0. The third-order valence-corrected chi connectivity index (χ3v) is 5.54. The SMILES string of the molecule is Oc1ccc(O)c2sc(=[N+]3CCCC3)sc12. The molecule has 1 aromatic heterocycles. The number of hydrogen-bond donors (Lipinski definition) is 2. The van der Waals surface area contributed by atoms with Crippen LogP contribution in [0.25, 0.3) is 9.40 Å². The van der Waals surface area contributed by atoms with Gasteiger partial charge in [0.25, 0.3) is 0 Å². The third-order valence-electron chi connectivity index (χ3n) is 2.81. The van der Waals surface area contributed by atoms with Crippen molar-refractivity contribution in [2.45, 2.75) is 12.8 Å². The predicted octanol–water partition coefficient (Wildman–Crippen LogP) is 1.94. The van der Waals surface area contributed by atoms with Gasteiger partial charge in [0.15, 0.2) is 0 Å². The Kier molecular flexibility index (Phi) is 2.37. The van der Waals surface area contributed by atoms with E-state index < -0.39 is 0 Å². The largest absolute Gasteiger partial charge is 0.506 e. The molecule has 0 spiro atoms. The molecule has 1 aliphatic heterocycles. The van der Waals surface area contributed by atoms with Crippen LogP contribution in [0.1, 0.15) is 12.8 Å². The maximum Gasteiger partial charge on any atom is 0.315 e. The van der Waals surface area contributed by atoms with Crippen molar-refractivity contribution in [1.82, 2.24) is 4.58 Å². The Morgan fingerprint density at radius 3 is 1.94 bits per heavy atom. The highest BCUT2D eigenvalue weighted by atomic mass is 32.2. The Bertz CT molecular complexity index is 562. The van der Waals surface area contributed by atoms with Gasteiger partial charge in [0.05, 0.1) is 9.40 Å². The van der Waals surface area contributed by atoms with E-state index in [0.717, 1.165) is 22.5 Å². The van der Waals surface area contributed by atoms with E-state index in [-0.39, 0.29) is 11.5 Å². The second-order valence-electron chi connectivity index (χ2n) is 3.93. The average Bonchev–Trinajstić information content (AvgIpc) is 2.90. The minimum atomic E-state index is 0.263. The highest BCUT2D eigenvalue weighted by Gasteiger charge is 2.18. The summed E-state index contributed by atoms with van der Waals surface area (Å²) in [7, 11) is 0. The van der Waals surface area contributed by atoms with Gasteiger partial charge in [-0.2, -0.15) is 0 Å². The molecule has 16 heavy (non-hydrogen) atoms. The van der Waals surface area contributed by atoms with Gasteiger partial charge in [-0.1, -0.05) is 22.7 Å². The second-order valence-corrected chi connectivity index (χ2v) is 6.18. The molecule has 1 saturated heterocycles. The minimum Gasteiger partial charge on any atom is -0.506 e. The van der Waals surface area contributed by atoms with Crippen LogP contribution in [0.15, 0.2) is 12.1 Å². The second kappa shape index (κ2) is 3.75. The van der Waals surface area contributed by atoms with Gasteiger partial charge in [-0.25, -0.2) is 4.58 Å². The summed E-state index contributed by atoms with van der Waals surface area (Å²) < 4.78 is 5.11. The standard InChI is InChI=1S/C11H11NO2S2/c13-7-3-4-8(14)10-9(7)15-11(16-10)12-5-1-2-6-12/h3-4H,1-2,5-6H2,(H-,13,14)/p+1. The lowest BCUT2D eigenvalue weighted by Crippen LogP contribution is -2.21. The molecule has 2 N–H and O–H groups in total. The van der Waals surface area contributed by atoms with Crippen molar-refractivity contribution in [1.29, 1.82) is 0 Å². The zero-order valence-corrected chi connectivity index (χ0v) is 10.3. The molecule has 1 aliphatic rings. The van der Waals surface area contributed by atoms with E-state index in [2.05, 4.69) is 4.58 Å². The monoisotopic (exact) mass is 254 g/mol. The third kappa shape index (κ3) is 1.51. The van der Waals surface area contributed by atoms with E-state index in [1.165, 1.54) is 16.8 Å². The van der Waals surface area contributed by atoms with Crippen LogP contribution in [0.3, 0.4) is 0 Å². The molecule has 1 aromatic carbocycles. The van der Waals surface area contributed by atoms with E-state index in [1.54, 1.807) is 34.8 Å². The van der Waals surface area contributed by atoms with Gasteiger partial charge in [-0.15, -0.1) is 0 Å². The van der Waals surface area contributed by atoms with Gasteiger partial charge >= 0.3 is 3.98 Å². The van der Waals surface area contributed by atoms with Gasteiger partial charge in [0.1, 0.15) is 24.6 Å². The number of rotatable bonds is 0. The van der Waals surface area contributed by atoms with Crippen LogP contribution >= 0.6 is 22.7 Å². The van der Waals surface area contributed by atoms with Crippen LogP contribution < -0.4 is 8.56 Å². The van der Waals surface area contributed by atoms with E-state index in [0.29, 0.717) is 0 Å². The molecule has 0 saturated carbocycles. The Balaban J connectivity index is 2.34. The van der Waals surface area contributed by atoms with Crippen molar-refractivity contribution in [3.8, 4) is 11.5 Å². The Morgan fingerprint density at radius 2 is 1.44 bits per heavy atom. The van der Waals surface area contributed by atoms with Crippen LogP contribution in [-0.4, -0.2) is 23.3 Å². The van der Waals surface area contributed by atoms with Crippen molar-refractivity contribution in [3.63, 3.8) is 0 Å². The summed E-state index contributed by atoms with van der Waals surface area (Å²) in [6.07, 6.45) is 2.47. The van der Waals surface area contributed by atoms with Crippen molar-refractivity contribution >= 4 is 32.1 Å². The summed E-state index contributed by atoms with van der Waals surface area (Å²) in [5.74, 6) is 0.527. The van der Waals surface area contributed by atoms with Crippen LogP contribution in [0.4, 0.5) is 0 Å². The zero-order chi connectivity index (χ0) is 11.1. The lowest BCUT2D eigenvalue weighted by molar-refractivity contribution is 0.471. The topological polar surface area (TPSA) is 43.5 Å². The molecular weight excluding hydrogens is 242 g/mol. The van der Waals surface area contributed by atoms with E-state index >= 15 is 0 Å². The number of benzene rings is 1. The summed E-state index contributed by atoms with van der Waals surface area (Å²) in [5, 5.41) is 19.5. The summed E-state index contributed by atoms with van der Waals surface area (Å²) >= 11 is 3.14. The first kappa shape index (κ1) is 10.1. The highest BCUT2D eigenvalue weighted by Crippen LogP contribution is 2.36. The smallest absolute Gasteiger partial charge is 0.315 e. The lowest BCUT2D eigenvalue weighted by atomic mass is 10.3. The summed E-state index contributed by atoms with van der Waals surface area (Å²) in [6, 6.07) is 3.10.